The van der Waals surface area contributed by atoms with Crippen LogP contribution in [0.15, 0.2) is 35.4 Å². The molecule has 11 heteroatoms. The van der Waals surface area contributed by atoms with Gasteiger partial charge >= 0.3 is 5.97 Å². The number of carbonyl (C=O) groups is 1. The fraction of sp³-hybridized carbons (Fsp3) is 0.300. The molecule has 0 aliphatic carbocycles. The Labute approximate surface area is 175 Å². The van der Waals surface area contributed by atoms with Crippen molar-refractivity contribution in [3.05, 3.63) is 46.6 Å². The number of aromatic nitrogens is 6. The number of carbonyl (C=O) groups excluding carboxylic acids is 1. The smallest absolute Gasteiger partial charge is 0.360 e. The van der Waals surface area contributed by atoms with Gasteiger partial charge in [-0.05, 0) is 31.9 Å². The van der Waals surface area contributed by atoms with Crippen molar-refractivity contribution in [2.75, 3.05) is 13.7 Å². The van der Waals surface area contributed by atoms with Crippen molar-refractivity contribution in [1.29, 1.82) is 5.26 Å². The first-order valence-electron chi connectivity index (χ1n) is 9.60. The van der Waals surface area contributed by atoms with Crippen LogP contribution in [0.4, 0.5) is 0 Å². The fourth-order valence-electron chi connectivity index (χ4n) is 4.18. The minimum absolute atomic E-state index is 0.00711. The molecule has 3 aromatic heterocycles. The fourth-order valence-corrected chi connectivity index (χ4v) is 4.18. The number of methoxy groups -OCH3 is 1. The maximum atomic E-state index is 13.8. The quantitative estimate of drug-likeness (QED) is 0.457. The first-order valence-corrected chi connectivity index (χ1v) is 9.60. The van der Waals surface area contributed by atoms with Gasteiger partial charge in [0.1, 0.15) is 29.0 Å². The Hall–Kier alpha value is -4.04. The Morgan fingerprint density at radius 1 is 1.29 bits per heavy atom. The van der Waals surface area contributed by atoms with E-state index in [1.54, 1.807) is 15.2 Å². The summed E-state index contributed by atoms with van der Waals surface area (Å²) in [5.41, 5.74) is 0.383. The average Bonchev–Trinajstić information content (AvgIpc) is 3.51. The molecule has 31 heavy (non-hydrogen) atoms. The second-order valence-corrected chi connectivity index (χ2v) is 7.36. The molecular formula is C20H17N7O4. The van der Waals surface area contributed by atoms with Gasteiger partial charge in [0.05, 0.1) is 18.1 Å². The number of nitrogens with zero attached hydrogens (tertiary/aromatic N) is 7. The van der Waals surface area contributed by atoms with E-state index in [9.17, 15) is 14.9 Å². The van der Waals surface area contributed by atoms with Crippen molar-refractivity contribution in [1.82, 2.24) is 28.9 Å². The lowest BCUT2D eigenvalue weighted by Gasteiger charge is -2.28. The Morgan fingerprint density at radius 3 is 2.74 bits per heavy atom. The molecule has 0 amide bonds. The average molecular weight is 419 g/mol. The SMILES string of the molecule is COC(=O)c1c(-c2ncn3c2c(=O)n(C2(C)CCCO2)c2ccccc23)nnn1C#N. The lowest BCUT2D eigenvalue weighted by molar-refractivity contribution is -0.0447. The van der Waals surface area contributed by atoms with Crippen LogP contribution in [-0.4, -0.2) is 48.6 Å². The number of hydrogen-bond donors (Lipinski definition) is 0. The van der Waals surface area contributed by atoms with Gasteiger partial charge in [-0.15, -0.1) is 9.78 Å². The number of ether oxygens (including phenoxy) is 2. The molecule has 1 atom stereocenters. The lowest BCUT2D eigenvalue weighted by atomic mass is 10.1. The van der Waals surface area contributed by atoms with Crippen molar-refractivity contribution in [2.45, 2.75) is 25.5 Å². The van der Waals surface area contributed by atoms with Gasteiger partial charge in [0, 0.05) is 6.61 Å². The van der Waals surface area contributed by atoms with Crippen LogP contribution in [-0.2, 0) is 15.2 Å². The summed E-state index contributed by atoms with van der Waals surface area (Å²) >= 11 is 0. The van der Waals surface area contributed by atoms with Crippen LogP contribution in [0.5, 0.6) is 0 Å². The lowest BCUT2D eigenvalue weighted by Crippen LogP contribution is -2.39. The zero-order chi connectivity index (χ0) is 21.8. The second-order valence-electron chi connectivity index (χ2n) is 7.36. The number of imidazole rings is 1. The summed E-state index contributed by atoms with van der Waals surface area (Å²) in [5.74, 6) is -0.810. The highest BCUT2D eigenvalue weighted by atomic mass is 16.5. The van der Waals surface area contributed by atoms with E-state index < -0.39 is 11.7 Å². The Morgan fingerprint density at radius 2 is 2.06 bits per heavy atom. The summed E-state index contributed by atoms with van der Waals surface area (Å²) in [7, 11) is 1.19. The number of fused-ring (bicyclic) bond motifs is 3. The standard InChI is InChI=1S/C20H17N7O4/c1-20(8-5-9-31-20)27-13-7-4-3-6-12(13)25-11-22-14(16(25)18(27)28)15-17(19(29)30-2)26(10-21)24-23-15/h3-4,6-7,11H,5,8-9H2,1-2H3. The third-order valence-electron chi connectivity index (χ3n) is 5.59. The van der Waals surface area contributed by atoms with E-state index in [1.807, 2.05) is 31.2 Å². The van der Waals surface area contributed by atoms with Crippen molar-refractivity contribution >= 4 is 22.5 Å². The molecule has 1 saturated heterocycles. The monoisotopic (exact) mass is 419 g/mol. The predicted molar refractivity (Wildman–Crippen MR) is 107 cm³/mol. The molecule has 1 aliphatic rings. The Kier molecular flexibility index (Phi) is 4.13. The number of esters is 1. The minimum Gasteiger partial charge on any atom is -0.464 e. The van der Waals surface area contributed by atoms with E-state index in [0.29, 0.717) is 18.5 Å². The molecule has 5 rings (SSSR count). The maximum Gasteiger partial charge on any atom is 0.360 e. The zero-order valence-electron chi connectivity index (χ0n) is 16.8. The first-order chi connectivity index (χ1) is 15.0. The van der Waals surface area contributed by atoms with E-state index in [4.69, 9.17) is 9.47 Å². The van der Waals surface area contributed by atoms with Gasteiger partial charge < -0.3 is 9.47 Å². The number of rotatable bonds is 3. The molecule has 0 radical (unpaired) electrons. The summed E-state index contributed by atoms with van der Waals surface area (Å²) in [6, 6.07) is 7.44. The molecule has 0 saturated carbocycles. The molecule has 0 N–H and O–H groups in total. The number of nitriles is 1. The molecule has 1 unspecified atom stereocenters. The number of para-hydroxylation sites is 2. The van der Waals surface area contributed by atoms with Crippen LogP contribution in [0, 0.1) is 11.5 Å². The number of hydrogen-bond acceptors (Lipinski definition) is 8. The molecule has 1 aliphatic heterocycles. The minimum atomic E-state index is -0.824. The highest BCUT2D eigenvalue weighted by Gasteiger charge is 2.36. The van der Waals surface area contributed by atoms with Crippen molar-refractivity contribution in [3.63, 3.8) is 0 Å². The molecule has 0 spiro atoms. The van der Waals surface area contributed by atoms with E-state index in [0.717, 1.165) is 16.6 Å². The maximum absolute atomic E-state index is 13.8. The summed E-state index contributed by atoms with van der Waals surface area (Å²) in [5, 5.41) is 16.9. The topological polar surface area (TPSA) is 129 Å². The molecule has 1 fully saturated rings. The van der Waals surface area contributed by atoms with Crippen LogP contribution in [0.1, 0.15) is 30.3 Å². The third-order valence-corrected chi connectivity index (χ3v) is 5.59. The Balaban J connectivity index is 1.91. The molecule has 4 aromatic rings. The van der Waals surface area contributed by atoms with Gasteiger partial charge in [-0.25, -0.2) is 9.78 Å². The van der Waals surface area contributed by atoms with E-state index in [-0.39, 0.29) is 28.2 Å². The van der Waals surface area contributed by atoms with E-state index in [1.165, 1.54) is 13.4 Å². The van der Waals surface area contributed by atoms with E-state index >= 15 is 0 Å². The van der Waals surface area contributed by atoms with Crippen molar-refractivity contribution in [2.24, 2.45) is 0 Å². The summed E-state index contributed by atoms with van der Waals surface area (Å²) < 4.78 is 14.8. The summed E-state index contributed by atoms with van der Waals surface area (Å²) in [4.78, 5) is 30.5. The normalized spacial score (nSPS) is 18.5. The summed E-state index contributed by atoms with van der Waals surface area (Å²) in [6.07, 6.45) is 4.75. The van der Waals surface area contributed by atoms with Gasteiger partial charge in [-0.3, -0.25) is 13.8 Å². The molecular weight excluding hydrogens is 402 g/mol. The molecule has 0 bridgehead atoms. The highest BCUT2D eigenvalue weighted by Crippen LogP contribution is 2.33. The molecule has 1 aromatic carbocycles. The highest BCUT2D eigenvalue weighted by molar-refractivity contribution is 5.96. The zero-order valence-corrected chi connectivity index (χ0v) is 16.8. The van der Waals surface area contributed by atoms with Gasteiger partial charge in [0.2, 0.25) is 6.19 Å². The predicted octanol–water partition coefficient (Wildman–Crippen LogP) is 1.51. The van der Waals surface area contributed by atoms with Crippen LogP contribution < -0.4 is 5.56 Å². The van der Waals surface area contributed by atoms with Gasteiger partial charge in [-0.2, -0.15) is 5.26 Å². The summed E-state index contributed by atoms with van der Waals surface area (Å²) in [6.45, 7) is 2.43. The third kappa shape index (κ3) is 2.58. The van der Waals surface area contributed by atoms with Crippen molar-refractivity contribution in [3.8, 4) is 17.6 Å². The second kappa shape index (κ2) is 6.75. The van der Waals surface area contributed by atoms with Crippen LogP contribution in [0.25, 0.3) is 27.9 Å². The van der Waals surface area contributed by atoms with E-state index in [2.05, 4.69) is 15.3 Å². The van der Waals surface area contributed by atoms with Crippen LogP contribution in [0.2, 0.25) is 0 Å². The molecule has 4 heterocycles. The van der Waals surface area contributed by atoms with Gasteiger partial charge in [0.25, 0.3) is 5.56 Å². The molecule has 156 valence electrons. The van der Waals surface area contributed by atoms with Crippen molar-refractivity contribution < 1.29 is 14.3 Å². The van der Waals surface area contributed by atoms with Gasteiger partial charge in [0.15, 0.2) is 5.69 Å². The Bertz CT molecular complexity index is 1450. The van der Waals surface area contributed by atoms with Gasteiger partial charge in [-0.1, -0.05) is 17.3 Å². The van der Waals surface area contributed by atoms with Crippen LogP contribution in [0.3, 0.4) is 0 Å². The number of benzene rings is 1. The first kappa shape index (κ1) is 19.0. The largest absolute Gasteiger partial charge is 0.464 e. The molecule has 11 nitrogen and oxygen atoms in total. The van der Waals surface area contributed by atoms with Crippen LogP contribution >= 0.6 is 0 Å².